The number of carboxylic acids is 1. The number of nitrogens with zero attached hydrogens (tertiary/aromatic N) is 3. The molecule has 0 unspecified atom stereocenters. The van der Waals surface area contributed by atoms with E-state index in [1.54, 1.807) is 6.92 Å². The van der Waals surface area contributed by atoms with E-state index in [0.29, 0.717) is 13.0 Å². The maximum atomic E-state index is 12.2. The maximum absolute atomic E-state index is 12.2. The van der Waals surface area contributed by atoms with Crippen LogP contribution in [-0.2, 0) is 23.2 Å². The van der Waals surface area contributed by atoms with E-state index in [0.717, 1.165) is 9.13 Å². The van der Waals surface area contributed by atoms with Gasteiger partial charge in [-0.05, 0) is 13.3 Å². The highest BCUT2D eigenvalue weighted by Crippen LogP contribution is 2.30. The molecule has 1 saturated heterocycles. The first-order valence-corrected chi connectivity index (χ1v) is 6.52. The van der Waals surface area contributed by atoms with E-state index in [4.69, 9.17) is 5.11 Å². The first-order chi connectivity index (χ1) is 9.74. The smallest absolute Gasteiger partial charge is 0.331 e. The third-order valence-electron chi connectivity index (χ3n) is 3.91. The monoisotopic (exact) mass is 295 g/mol. The number of carboxylic acid groups (broad SMARTS) is 1. The second kappa shape index (κ2) is 5.19. The van der Waals surface area contributed by atoms with Gasteiger partial charge in [-0.2, -0.15) is 0 Å². The summed E-state index contributed by atoms with van der Waals surface area (Å²) < 4.78 is 2.05. The lowest BCUT2D eigenvalue weighted by atomic mass is 9.90. The number of rotatable bonds is 3. The van der Waals surface area contributed by atoms with Crippen LogP contribution in [0.25, 0.3) is 0 Å². The van der Waals surface area contributed by atoms with Crippen LogP contribution >= 0.6 is 0 Å². The fraction of sp³-hybridized carbons (Fsp3) is 0.538. The number of hydrogen-bond donors (Lipinski definition) is 1. The van der Waals surface area contributed by atoms with Crippen molar-refractivity contribution >= 4 is 11.9 Å². The molecular formula is C13H17N3O5. The Bertz CT molecular complexity index is 704. The predicted molar refractivity (Wildman–Crippen MR) is 72.9 cm³/mol. The molecule has 1 aromatic heterocycles. The zero-order chi connectivity index (χ0) is 15.8. The summed E-state index contributed by atoms with van der Waals surface area (Å²) in [5.74, 6) is -1.27. The Kier molecular flexibility index (Phi) is 3.71. The summed E-state index contributed by atoms with van der Waals surface area (Å²) in [4.78, 5) is 47.9. The summed E-state index contributed by atoms with van der Waals surface area (Å²) in [7, 11) is 1.34. The topological polar surface area (TPSA) is 102 Å². The van der Waals surface area contributed by atoms with Crippen molar-refractivity contribution in [1.82, 2.24) is 14.0 Å². The van der Waals surface area contributed by atoms with Crippen molar-refractivity contribution in [3.05, 3.63) is 33.1 Å². The van der Waals surface area contributed by atoms with Crippen molar-refractivity contribution in [2.75, 3.05) is 13.1 Å². The van der Waals surface area contributed by atoms with E-state index in [9.17, 15) is 19.2 Å². The molecule has 0 aromatic carbocycles. The average molecular weight is 295 g/mol. The van der Waals surface area contributed by atoms with Crippen LogP contribution in [0.15, 0.2) is 21.9 Å². The van der Waals surface area contributed by atoms with Gasteiger partial charge in [0.15, 0.2) is 0 Å². The lowest BCUT2D eigenvalue weighted by Crippen LogP contribution is -2.42. The summed E-state index contributed by atoms with van der Waals surface area (Å²) in [5.41, 5.74) is -1.95. The van der Waals surface area contributed by atoms with E-state index in [1.165, 1.54) is 24.2 Å². The third kappa shape index (κ3) is 2.74. The van der Waals surface area contributed by atoms with Gasteiger partial charge >= 0.3 is 11.7 Å². The van der Waals surface area contributed by atoms with Crippen LogP contribution in [0.4, 0.5) is 0 Å². The van der Waals surface area contributed by atoms with Gasteiger partial charge in [-0.25, -0.2) is 4.79 Å². The normalized spacial score (nSPS) is 21.5. The summed E-state index contributed by atoms with van der Waals surface area (Å²) in [6, 6.07) is 1.21. The summed E-state index contributed by atoms with van der Waals surface area (Å²) in [6.07, 6.45) is 1.66. The van der Waals surface area contributed by atoms with Gasteiger partial charge in [-0.3, -0.25) is 23.5 Å². The minimum absolute atomic E-state index is 0.127. The lowest BCUT2D eigenvalue weighted by Gasteiger charge is -2.20. The highest BCUT2D eigenvalue weighted by Gasteiger charge is 2.42. The molecule has 1 amide bonds. The van der Waals surface area contributed by atoms with Gasteiger partial charge in [0.2, 0.25) is 5.91 Å². The SMILES string of the molecule is Cn1c(=O)ccn(CC(=O)N2CC[C@@](C)(C(=O)O)C2)c1=O. The van der Waals surface area contributed by atoms with E-state index in [1.807, 2.05) is 0 Å². The Hall–Kier alpha value is -2.38. The molecule has 1 N–H and O–H groups in total. The number of aromatic nitrogens is 2. The molecule has 21 heavy (non-hydrogen) atoms. The largest absolute Gasteiger partial charge is 0.481 e. The Morgan fingerprint density at radius 2 is 2.05 bits per heavy atom. The average Bonchev–Trinajstić information content (AvgIpc) is 2.84. The Balaban J connectivity index is 2.14. The number of carbonyl (C=O) groups excluding carboxylic acids is 1. The van der Waals surface area contributed by atoms with Crippen LogP contribution in [0, 0.1) is 5.41 Å². The second-order valence-corrected chi connectivity index (χ2v) is 5.55. The summed E-state index contributed by atoms with van der Waals surface area (Å²) >= 11 is 0. The Labute approximate surface area is 120 Å². The van der Waals surface area contributed by atoms with Crippen LogP contribution in [0.2, 0.25) is 0 Å². The number of hydrogen-bond acceptors (Lipinski definition) is 4. The fourth-order valence-corrected chi connectivity index (χ4v) is 2.33. The Morgan fingerprint density at radius 3 is 2.62 bits per heavy atom. The molecule has 1 atom stereocenters. The first-order valence-electron chi connectivity index (χ1n) is 6.52. The van der Waals surface area contributed by atoms with Crippen LogP contribution in [-0.4, -0.2) is 44.1 Å². The quantitative estimate of drug-likeness (QED) is 0.760. The molecule has 114 valence electrons. The van der Waals surface area contributed by atoms with Crippen LogP contribution in [0.1, 0.15) is 13.3 Å². The van der Waals surface area contributed by atoms with Crippen molar-refractivity contribution in [3.63, 3.8) is 0 Å². The van der Waals surface area contributed by atoms with Crippen LogP contribution in [0.5, 0.6) is 0 Å². The predicted octanol–water partition coefficient (Wildman–Crippen LogP) is -1.13. The lowest BCUT2D eigenvalue weighted by molar-refractivity contribution is -0.147. The summed E-state index contributed by atoms with van der Waals surface area (Å²) in [6.45, 7) is 1.87. The molecule has 1 fully saturated rings. The maximum Gasteiger partial charge on any atom is 0.331 e. The van der Waals surface area contributed by atoms with Gasteiger partial charge in [0.25, 0.3) is 5.56 Å². The molecule has 8 heteroatoms. The second-order valence-electron chi connectivity index (χ2n) is 5.55. The molecule has 8 nitrogen and oxygen atoms in total. The Morgan fingerprint density at radius 1 is 1.38 bits per heavy atom. The van der Waals surface area contributed by atoms with E-state index < -0.39 is 22.6 Å². The van der Waals surface area contributed by atoms with Crippen molar-refractivity contribution in [1.29, 1.82) is 0 Å². The molecule has 2 heterocycles. The zero-order valence-corrected chi connectivity index (χ0v) is 11.9. The minimum atomic E-state index is -0.940. The van der Waals surface area contributed by atoms with E-state index in [2.05, 4.69) is 0 Å². The van der Waals surface area contributed by atoms with Crippen molar-refractivity contribution in [2.24, 2.45) is 12.5 Å². The van der Waals surface area contributed by atoms with Gasteiger partial charge < -0.3 is 10.0 Å². The van der Waals surface area contributed by atoms with Gasteiger partial charge in [-0.15, -0.1) is 0 Å². The van der Waals surface area contributed by atoms with Gasteiger partial charge in [0.1, 0.15) is 6.54 Å². The molecular weight excluding hydrogens is 278 g/mol. The highest BCUT2D eigenvalue weighted by molar-refractivity contribution is 5.80. The molecule has 1 aromatic rings. The van der Waals surface area contributed by atoms with Gasteiger partial charge in [0, 0.05) is 32.4 Å². The van der Waals surface area contributed by atoms with Crippen molar-refractivity contribution in [2.45, 2.75) is 19.9 Å². The molecule has 0 aliphatic carbocycles. The molecule has 1 aliphatic heterocycles. The molecule has 1 aliphatic rings. The molecule has 0 radical (unpaired) electrons. The van der Waals surface area contributed by atoms with Crippen molar-refractivity contribution in [3.8, 4) is 0 Å². The number of aliphatic carboxylic acids is 1. The zero-order valence-electron chi connectivity index (χ0n) is 11.9. The number of amides is 1. The van der Waals surface area contributed by atoms with E-state index in [-0.39, 0.29) is 19.0 Å². The standard InChI is InChI=1S/C13H17N3O5/c1-13(11(19)20)4-6-16(8-13)10(18)7-15-5-3-9(17)14(2)12(15)21/h3,5H,4,6-8H2,1-2H3,(H,19,20)/t13-/m1/s1. The highest BCUT2D eigenvalue weighted by atomic mass is 16.4. The van der Waals surface area contributed by atoms with Gasteiger partial charge in [-0.1, -0.05) is 0 Å². The summed E-state index contributed by atoms with van der Waals surface area (Å²) in [5, 5.41) is 9.14. The molecule has 2 rings (SSSR count). The number of carbonyl (C=O) groups is 2. The van der Waals surface area contributed by atoms with Crippen LogP contribution < -0.4 is 11.2 Å². The number of likely N-dealkylation sites (tertiary alicyclic amines) is 1. The van der Waals surface area contributed by atoms with Gasteiger partial charge in [0.05, 0.1) is 5.41 Å². The molecule has 0 bridgehead atoms. The van der Waals surface area contributed by atoms with E-state index >= 15 is 0 Å². The van der Waals surface area contributed by atoms with Crippen LogP contribution in [0.3, 0.4) is 0 Å². The first kappa shape index (κ1) is 15.0. The van der Waals surface area contributed by atoms with Crippen molar-refractivity contribution < 1.29 is 14.7 Å². The fourth-order valence-electron chi connectivity index (χ4n) is 2.33. The third-order valence-corrected chi connectivity index (χ3v) is 3.91. The minimum Gasteiger partial charge on any atom is -0.481 e. The molecule has 0 saturated carbocycles. The molecule has 0 spiro atoms.